The summed E-state index contributed by atoms with van der Waals surface area (Å²) in [5.74, 6) is -0.961. The molecule has 0 unspecified atom stereocenters. The third kappa shape index (κ3) is 4.42. The number of hydrogen-bond acceptors (Lipinski definition) is 2. The van der Waals surface area contributed by atoms with Crippen molar-refractivity contribution in [3.8, 4) is 0 Å². The fourth-order valence-electron chi connectivity index (χ4n) is 1.71. The van der Waals surface area contributed by atoms with E-state index in [2.05, 4.69) is 11.9 Å². The van der Waals surface area contributed by atoms with Crippen LogP contribution >= 0.6 is 0 Å². The van der Waals surface area contributed by atoms with Crippen LogP contribution in [0.25, 0.3) is 0 Å². The lowest BCUT2D eigenvalue weighted by Gasteiger charge is -2.25. The number of aromatic carboxylic acids is 1. The number of hydrogen-bond donors (Lipinski definition) is 2. The smallest absolute Gasteiger partial charge is 0.335 e. The van der Waals surface area contributed by atoms with Gasteiger partial charge in [-0.15, -0.1) is 6.58 Å². The summed E-state index contributed by atoms with van der Waals surface area (Å²) in [6, 6.07) is 6.35. The van der Waals surface area contributed by atoms with Gasteiger partial charge in [-0.05, 0) is 31.5 Å². The minimum atomic E-state index is -0.961. The number of carboxylic acids is 1. The number of carboxylic acid groups (broad SMARTS) is 1. The van der Waals surface area contributed by atoms with Crippen molar-refractivity contribution in [2.75, 3.05) is 6.54 Å². The van der Waals surface area contributed by atoms with E-state index in [1.165, 1.54) is 12.1 Å². The van der Waals surface area contributed by atoms with Gasteiger partial charge >= 0.3 is 12.0 Å². The highest BCUT2D eigenvalue weighted by Crippen LogP contribution is 2.05. The van der Waals surface area contributed by atoms with E-state index in [1.54, 1.807) is 23.1 Å². The van der Waals surface area contributed by atoms with Crippen LogP contribution in [0, 0.1) is 0 Å². The van der Waals surface area contributed by atoms with Crippen molar-refractivity contribution >= 4 is 12.0 Å². The van der Waals surface area contributed by atoms with Gasteiger partial charge < -0.3 is 15.3 Å². The molecule has 5 nitrogen and oxygen atoms in total. The maximum atomic E-state index is 12.0. The summed E-state index contributed by atoms with van der Waals surface area (Å²) >= 11 is 0. The van der Waals surface area contributed by atoms with Gasteiger partial charge in [-0.2, -0.15) is 0 Å². The molecule has 0 aromatic heterocycles. The van der Waals surface area contributed by atoms with E-state index in [0.717, 1.165) is 5.56 Å². The van der Waals surface area contributed by atoms with E-state index in [1.807, 2.05) is 13.8 Å². The molecule has 0 saturated heterocycles. The zero-order valence-electron chi connectivity index (χ0n) is 11.8. The first-order valence-corrected chi connectivity index (χ1v) is 6.43. The molecular formula is C15H20N2O3. The van der Waals surface area contributed by atoms with Gasteiger partial charge in [0.05, 0.1) is 5.56 Å². The molecule has 20 heavy (non-hydrogen) atoms. The SMILES string of the molecule is C=CCN(C(=O)NCc1ccc(C(=O)O)cc1)C(C)C. The maximum Gasteiger partial charge on any atom is 0.335 e. The minimum Gasteiger partial charge on any atom is -0.478 e. The highest BCUT2D eigenvalue weighted by Gasteiger charge is 2.14. The van der Waals surface area contributed by atoms with E-state index >= 15 is 0 Å². The van der Waals surface area contributed by atoms with Crippen LogP contribution < -0.4 is 5.32 Å². The lowest BCUT2D eigenvalue weighted by Crippen LogP contribution is -2.43. The summed E-state index contributed by atoms with van der Waals surface area (Å²) in [5.41, 5.74) is 1.08. The molecule has 0 heterocycles. The van der Waals surface area contributed by atoms with E-state index < -0.39 is 5.97 Å². The number of amides is 2. The van der Waals surface area contributed by atoms with Gasteiger partial charge in [-0.1, -0.05) is 18.2 Å². The van der Waals surface area contributed by atoms with Crippen molar-refractivity contribution in [2.24, 2.45) is 0 Å². The van der Waals surface area contributed by atoms with E-state index in [0.29, 0.717) is 13.1 Å². The van der Waals surface area contributed by atoms with Crippen LogP contribution in [0.1, 0.15) is 29.8 Å². The second-order valence-electron chi connectivity index (χ2n) is 4.70. The molecule has 0 spiro atoms. The summed E-state index contributed by atoms with van der Waals surface area (Å²) in [6.45, 7) is 8.35. The third-order valence-electron chi connectivity index (χ3n) is 2.85. The Morgan fingerprint density at radius 3 is 2.40 bits per heavy atom. The Bertz CT molecular complexity index is 480. The molecular weight excluding hydrogens is 256 g/mol. The zero-order valence-corrected chi connectivity index (χ0v) is 11.8. The first kappa shape index (κ1) is 15.8. The molecule has 1 aromatic carbocycles. The quantitative estimate of drug-likeness (QED) is 0.784. The van der Waals surface area contributed by atoms with Gasteiger partial charge in [0.2, 0.25) is 0 Å². The van der Waals surface area contributed by atoms with Crippen LogP contribution in [0.3, 0.4) is 0 Å². The zero-order chi connectivity index (χ0) is 15.1. The van der Waals surface area contributed by atoms with Crippen LogP contribution in [-0.4, -0.2) is 34.6 Å². The number of nitrogens with zero attached hydrogens (tertiary/aromatic N) is 1. The van der Waals surface area contributed by atoms with Crippen molar-refractivity contribution < 1.29 is 14.7 Å². The van der Waals surface area contributed by atoms with Crippen molar-refractivity contribution in [1.82, 2.24) is 10.2 Å². The molecule has 0 radical (unpaired) electrons. The lowest BCUT2D eigenvalue weighted by molar-refractivity contribution is 0.0697. The van der Waals surface area contributed by atoms with Gasteiger partial charge in [-0.3, -0.25) is 0 Å². The Kier molecular flexibility index (Phi) is 5.77. The summed E-state index contributed by atoms with van der Waals surface area (Å²) < 4.78 is 0. The van der Waals surface area contributed by atoms with Crippen LogP contribution in [0.4, 0.5) is 4.79 Å². The molecule has 0 saturated carbocycles. The van der Waals surface area contributed by atoms with Crippen molar-refractivity contribution in [3.05, 3.63) is 48.0 Å². The molecule has 0 aliphatic heterocycles. The van der Waals surface area contributed by atoms with E-state index in [-0.39, 0.29) is 17.6 Å². The molecule has 2 amide bonds. The molecule has 1 rings (SSSR count). The van der Waals surface area contributed by atoms with Gasteiger partial charge in [-0.25, -0.2) is 9.59 Å². The molecule has 0 aliphatic rings. The first-order valence-electron chi connectivity index (χ1n) is 6.43. The molecule has 5 heteroatoms. The summed E-state index contributed by atoms with van der Waals surface area (Å²) in [7, 11) is 0. The molecule has 0 bridgehead atoms. The minimum absolute atomic E-state index is 0.0855. The number of urea groups is 1. The first-order chi connectivity index (χ1) is 9.45. The van der Waals surface area contributed by atoms with Crippen molar-refractivity contribution in [3.63, 3.8) is 0 Å². The standard InChI is InChI=1S/C15H20N2O3/c1-4-9-17(11(2)3)15(20)16-10-12-5-7-13(8-6-12)14(18)19/h4-8,11H,1,9-10H2,2-3H3,(H,16,20)(H,18,19). The normalized spacial score (nSPS) is 10.2. The Hall–Kier alpha value is -2.30. The van der Waals surface area contributed by atoms with Crippen LogP contribution in [0.2, 0.25) is 0 Å². The Balaban J connectivity index is 2.59. The highest BCUT2D eigenvalue weighted by molar-refractivity contribution is 5.87. The predicted octanol–water partition coefficient (Wildman–Crippen LogP) is 2.49. The largest absolute Gasteiger partial charge is 0.478 e. The van der Waals surface area contributed by atoms with Gasteiger partial charge in [0, 0.05) is 19.1 Å². The van der Waals surface area contributed by atoms with Crippen LogP contribution in [-0.2, 0) is 6.54 Å². The van der Waals surface area contributed by atoms with Gasteiger partial charge in [0.1, 0.15) is 0 Å². The third-order valence-corrected chi connectivity index (χ3v) is 2.85. The average molecular weight is 276 g/mol. The Morgan fingerprint density at radius 1 is 1.35 bits per heavy atom. The second kappa shape index (κ2) is 7.33. The molecule has 1 aromatic rings. The second-order valence-corrected chi connectivity index (χ2v) is 4.70. The molecule has 108 valence electrons. The van der Waals surface area contributed by atoms with Gasteiger partial charge in [0.15, 0.2) is 0 Å². The van der Waals surface area contributed by atoms with E-state index in [4.69, 9.17) is 5.11 Å². The highest BCUT2D eigenvalue weighted by atomic mass is 16.4. The van der Waals surface area contributed by atoms with Crippen LogP contribution in [0.15, 0.2) is 36.9 Å². The van der Waals surface area contributed by atoms with E-state index in [9.17, 15) is 9.59 Å². The molecule has 0 aliphatic carbocycles. The summed E-state index contributed by atoms with van der Waals surface area (Å²) in [6.07, 6.45) is 1.68. The summed E-state index contributed by atoms with van der Waals surface area (Å²) in [4.78, 5) is 24.4. The number of carbonyl (C=O) groups is 2. The fourth-order valence-corrected chi connectivity index (χ4v) is 1.71. The average Bonchev–Trinajstić information content (AvgIpc) is 2.42. The maximum absolute atomic E-state index is 12.0. The number of rotatable bonds is 6. The van der Waals surface area contributed by atoms with Gasteiger partial charge in [0.25, 0.3) is 0 Å². The lowest BCUT2D eigenvalue weighted by atomic mass is 10.1. The Morgan fingerprint density at radius 2 is 1.95 bits per heavy atom. The fraction of sp³-hybridized carbons (Fsp3) is 0.333. The number of carbonyl (C=O) groups excluding carboxylic acids is 1. The van der Waals surface area contributed by atoms with Crippen molar-refractivity contribution in [1.29, 1.82) is 0 Å². The molecule has 0 atom stereocenters. The predicted molar refractivity (Wildman–Crippen MR) is 77.7 cm³/mol. The Labute approximate surface area is 118 Å². The molecule has 2 N–H and O–H groups in total. The number of nitrogens with one attached hydrogen (secondary N) is 1. The summed E-state index contributed by atoms with van der Waals surface area (Å²) in [5, 5.41) is 11.6. The molecule has 0 fully saturated rings. The van der Waals surface area contributed by atoms with Crippen LogP contribution in [0.5, 0.6) is 0 Å². The number of benzene rings is 1. The monoisotopic (exact) mass is 276 g/mol. The van der Waals surface area contributed by atoms with Crippen molar-refractivity contribution in [2.45, 2.75) is 26.4 Å². The topological polar surface area (TPSA) is 69.6 Å².